The fraction of sp³-hybridized carbons (Fsp3) is 0.440. The minimum absolute atomic E-state index is 0.112. The summed E-state index contributed by atoms with van der Waals surface area (Å²) in [4.78, 5) is 52.0. The van der Waals surface area contributed by atoms with Gasteiger partial charge in [-0.25, -0.2) is 4.79 Å². The number of aromatic nitrogens is 1. The molecule has 1 fully saturated rings. The van der Waals surface area contributed by atoms with E-state index in [0.29, 0.717) is 44.6 Å². The predicted octanol–water partition coefficient (Wildman–Crippen LogP) is 0.702. The van der Waals surface area contributed by atoms with Gasteiger partial charge in [-0.05, 0) is 11.1 Å². The first-order valence-electron chi connectivity index (χ1n) is 11.6. The molecule has 1 aromatic heterocycles. The number of esters is 1. The smallest absolute Gasteiger partial charge is 0.343 e. The molecule has 1 aliphatic carbocycles. The number of benzene rings is 1. The van der Waals surface area contributed by atoms with Crippen molar-refractivity contribution in [3.8, 4) is 5.75 Å². The Labute approximate surface area is 196 Å². The topological polar surface area (TPSA) is 107 Å². The number of fused-ring (bicyclic) bond motifs is 2. The molecule has 5 rings (SSSR count). The third-order valence-corrected chi connectivity index (χ3v) is 6.93. The minimum Gasteiger partial charge on any atom is -0.489 e. The van der Waals surface area contributed by atoms with E-state index in [1.807, 2.05) is 12.1 Å². The number of nitrogens with one attached hydrogen (secondary N) is 1. The summed E-state index contributed by atoms with van der Waals surface area (Å²) in [6.45, 7) is 1.25. The Morgan fingerprint density at radius 2 is 1.76 bits per heavy atom. The minimum atomic E-state index is -0.570. The molecule has 0 radical (unpaired) electrons. The highest BCUT2D eigenvalue weighted by atomic mass is 16.5. The Balaban J connectivity index is 1.42. The molecule has 9 heteroatoms. The third-order valence-electron chi connectivity index (χ3n) is 6.93. The van der Waals surface area contributed by atoms with Gasteiger partial charge in [0.25, 0.3) is 5.56 Å². The Hall–Kier alpha value is -3.62. The van der Waals surface area contributed by atoms with Crippen molar-refractivity contribution in [1.82, 2.24) is 14.8 Å². The maximum absolute atomic E-state index is 13.0. The zero-order valence-corrected chi connectivity index (χ0v) is 19.0. The van der Waals surface area contributed by atoms with Crippen LogP contribution in [0.1, 0.15) is 33.6 Å². The van der Waals surface area contributed by atoms with Gasteiger partial charge in [0.05, 0.1) is 13.0 Å². The Bertz CT molecular complexity index is 1190. The predicted molar refractivity (Wildman–Crippen MR) is 122 cm³/mol. The molecule has 2 aliphatic heterocycles. The first-order chi connectivity index (χ1) is 16.4. The standard InChI is InChI=1S/C25H27N3O6/c1-33-25(32)23-19-6-7-27(24(31)17-12-21(29)26-14-17)8-9-28(19)22(30)13-20(23)34-18-10-15-4-2-3-5-16(15)11-18/h2-5,13,17-18H,6-12,14H2,1H3,(H,26,29)/t17-/m1/s1. The molecule has 1 aromatic carbocycles. The molecule has 3 heterocycles. The molecule has 1 atom stereocenters. The maximum Gasteiger partial charge on any atom is 0.343 e. The number of carbonyl (C=O) groups excluding carboxylic acids is 3. The Kier molecular flexibility index (Phi) is 5.85. The van der Waals surface area contributed by atoms with Crippen LogP contribution >= 0.6 is 0 Å². The Morgan fingerprint density at radius 1 is 1.03 bits per heavy atom. The van der Waals surface area contributed by atoms with Gasteiger partial charge >= 0.3 is 5.97 Å². The van der Waals surface area contributed by atoms with E-state index in [1.54, 1.807) is 4.90 Å². The van der Waals surface area contributed by atoms with Crippen molar-refractivity contribution >= 4 is 17.8 Å². The first kappa shape index (κ1) is 22.2. The van der Waals surface area contributed by atoms with E-state index in [2.05, 4.69) is 17.4 Å². The number of carbonyl (C=O) groups is 3. The van der Waals surface area contributed by atoms with Crippen LogP contribution in [0.2, 0.25) is 0 Å². The van der Waals surface area contributed by atoms with Crippen molar-refractivity contribution in [2.45, 2.75) is 38.3 Å². The number of amides is 2. The van der Waals surface area contributed by atoms with Crippen LogP contribution in [0, 0.1) is 5.92 Å². The molecule has 178 valence electrons. The van der Waals surface area contributed by atoms with E-state index in [0.717, 1.165) is 0 Å². The lowest BCUT2D eigenvalue weighted by atomic mass is 10.1. The maximum atomic E-state index is 13.0. The van der Waals surface area contributed by atoms with Gasteiger partial charge in [0, 0.05) is 63.6 Å². The van der Waals surface area contributed by atoms with Gasteiger partial charge in [0.1, 0.15) is 17.4 Å². The van der Waals surface area contributed by atoms with Crippen LogP contribution in [0.25, 0.3) is 0 Å². The SMILES string of the molecule is COC(=O)c1c(OC2Cc3ccccc3C2)cc(=O)n2c1CCN(C(=O)[C@H]1CNC(=O)C1)CC2. The summed E-state index contributed by atoms with van der Waals surface area (Å²) < 4.78 is 12.8. The van der Waals surface area contributed by atoms with Gasteiger partial charge in [0.2, 0.25) is 11.8 Å². The van der Waals surface area contributed by atoms with Gasteiger partial charge in [-0.1, -0.05) is 24.3 Å². The quantitative estimate of drug-likeness (QED) is 0.667. The number of nitrogens with zero attached hydrogens (tertiary/aromatic N) is 2. The number of hydrogen-bond acceptors (Lipinski definition) is 6. The van der Waals surface area contributed by atoms with Crippen molar-refractivity contribution in [3.05, 3.63) is 63.1 Å². The normalized spacial score (nSPS) is 19.7. The monoisotopic (exact) mass is 465 g/mol. The Morgan fingerprint density at radius 3 is 2.41 bits per heavy atom. The van der Waals surface area contributed by atoms with Crippen LogP contribution in [-0.2, 0) is 40.1 Å². The van der Waals surface area contributed by atoms with Crippen molar-refractivity contribution in [1.29, 1.82) is 0 Å². The lowest BCUT2D eigenvalue weighted by Gasteiger charge is -2.22. The molecule has 9 nitrogen and oxygen atoms in total. The number of pyridine rings is 1. The number of hydrogen-bond donors (Lipinski definition) is 1. The van der Waals surface area contributed by atoms with Crippen LogP contribution in [0.5, 0.6) is 5.75 Å². The number of rotatable bonds is 4. The lowest BCUT2D eigenvalue weighted by Crippen LogP contribution is -2.39. The van der Waals surface area contributed by atoms with Gasteiger partial charge < -0.3 is 24.3 Å². The second-order valence-electron chi connectivity index (χ2n) is 9.01. The largest absolute Gasteiger partial charge is 0.489 e. The summed E-state index contributed by atoms with van der Waals surface area (Å²) in [7, 11) is 1.30. The molecular formula is C25H27N3O6. The molecule has 2 aromatic rings. The highest BCUT2D eigenvalue weighted by Gasteiger charge is 2.34. The molecule has 34 heavy (non-hydrogen) atoms. The summed E-state index contributed by atoms with van der Waals surface area (Å²) in [6, 6.07) is 9.45. The molecule has 0 unspecified atom stereocenters. The van der Waals surface area contributed by atoms with Crippen molar-refractivity contribution < 1.29 is 23.9 Å². The van der Waals surface area contributed by atoms with E-state index < -0.39 is 11.9 Å². The van der Waals surface area contributed by atoms with Gasteiger partial charge in [-0.15, -0.1) is 0 Å². The van der Waals surface area contributed by atoms with Gasteiger partial charge in [-0.3, -0.25) is 14.4 Å². The van der Waals surface area contributed by atoms with Gasteiger partial charge in [-0.2, -0.15) is 0 Å². The lowest BCUT2D eigenvalue weighted by molar-refractivity contribution is -0.135. The van der Waals surface area contributed by atoms with E-state index >= 15 is 0 Å². The van der Waals surface area contributed by atoms with E-state index in [9.17, 15) is 19.2 Å². The van der Waals surface area contributed by atoms with Crippen LogP contribution in [0.3, 0.4) is 0 Å². The second kappa shape index (κ2) is 8.96. The molecule has 2 amide bonds. The average molecular weight is 466 g/mol. The summed E-state index contributed by atoms with van der Waals surface area (Å²) in [6.07, 6.45) is 1.70. The zero-order chi connectivity index (χ0) is 23.8. The van der Waals surface area contributed by atoms with E-state index in [-0.39, 0.29) is 47.8 Å². The first-order valence-corrected chi connectivity index (χ1v) is 11.6. The summed E-state index contributed by atoms with van der Waals surface area (Å²) in [5.74, 6) is -0.977. The average Bonchev–Trinajstić information content (AvgIpc) is 3.37. The van der Waals surface area contributed by atoms with Crippen LogP contribution in [-0.4, -0.2) is 60.1 Å². The van der Waals surface area contributed by atoms with E-state index in [4.69, 9.17) is 9.47 Å². The molecule has 3 aliphatic rings. The fourth-order valence-electron chi connectivity index (χ4n) is 5.20. The van der Waals surface area contributed by atoms with Crippen molar-refractivity contribution in [2.24, 2.45) is 5.92 Å². The molecule has 1 N–H and O–H groups in total. The van der Waals surface area contributed by atoms with E-state index in [1.165, 1.54) is 28.9 Å². The number of methoxy groups -OCH3 is 1. The van der Waals surface area contributed by atoms with Crippen LogP contribution in [0.15, 0.2) is 35.1 Å². The van der Waals surface area contributed by atoms with Crippen LogP contribution < -0.4 is 15.6 Å². The summed E-state index contributed by atoms with van der Waals surface area (Å²) >= 11 is 0. The molecule has 1 saturated heterocycles. The molecule has 0 saturated carbocycles. The highest BCUT2D eigenvalue weighted by Crippen LogP contribution is 2.30. The van der Waals surface area contributed by atoms with Crippen molar-refractivity contribution in [3.63, 3.8) is 0 Å². The van der Waals surface area contributed by atoms with Crippen molar-refractivity contribution in [2.75, 3.05) is 26.7 Å². The second-order valence-corrected chi connectivity index (χ2v) is 9.01. The molecule has 0 spiro atoms. The molecular weight excluding hydrogens is 438 g/mol. The fourth-order valence-corrected chi connectivity index (χ4v) is 5.20. The zero-order valence-electron chi connectivity index (χ0n) is 19.0. The number of ether oxygens (including phenoxy) is 2. The van der Waals surface area contributed by atoms with Crippen LogP contribution in [0.4, 0.5) is 0 Å². The summed E-state index contributed by atoms with van der Waals surface area (Å²) in [5, 5.41) is 2.69. The highest BCUT2D eigenvalue weighted by molar-refractivity contribution is 5.94. The van der Waals surface area contributed by atoms with Gasteiger partial charge in [0.15, 0.2) is 0 Å². The molecule has 0 bridgehead atoms. The summed E-state index contributed by atoms with van der Waals surface area (Å²) in [5.41, 5.74) is 2.88. The third kappa shape index (κ3) is 4.06.